The van der Waals surface area contributed by atoms with Crippen molar-refractivity contribution in [3.8, 4) is 0 Å². The second-order valence-electron chi connectivity index (χ2n) is 0.971. The standard InChI is InChI=1S/C2H2Br2.C2H3F.2CH2O3/c3-1-2-4;1-2-3;2*2-1(3)4/h1-2H;2H,1H2;2*(H2,2,3,4). The van der Waals surface area contributed by atoms with Crippen molar-refractivity contribution < 1.29 is 34.4 Å². The summed E-state index contributed by atoms with van der Waals surface area (Å²) in [6.45, 7) is 2.69. The van der Waals surface area contributed by atoms with Gasteiger partial charge in [-0.1, -0.05) is 38.4 Å². The van der Waals surface area contributed by atoms with E-state index in [0.717, 1.165) is 0 Å². The van der Waals surface area contributed by atoms with Gasteiger partial charge in [-0.15, -0.1) is 0 Å². The van der Waals surface area contributed by atoms with E-state index in [2.05, 4.69) is 38.4 Å². The molecule has 0 saturated carbocycles. The minimum absolute atomic E-state index is 0.250. The van der Waals surface area contributed by atoms with Crippen LogP contribution in [-0.4, -0.2) is 32.7 Å². The number of halogens is 3. The lowest BCUT2D eigenvalue weighted by Crippen LogP contribution is -1.81. The van der Waals surface area contributed by atoms with E-state index in [1.165, 1.54) is 0 Å². The Hall–Kier alpha value is -1.09. The summed E-state index contributed by atoms with van der Waals surface area (Å²) in [6.07, 6.45) is -3.42. The molecule has 0 aliphatic carbocycles. The third-order valence-electron chi connectivity index (χ3n) is 0.0476. The van der Waals surface area contributed by atoms with Gasteiger partial charge in [0.2, 0.25) is 0 Å². The molecule has 0 radical (unpaired) electrons. The molecule has 0 saturated heterocycles. The summed E-state index contributed by atoms with van der Waals surface area (Å²) in [7, 11) is 0. The molecule has 0 aliphatic heterocycles. The van der Waals surface area contributed by atoms with Crippen LogP contribution in [0.5, 0.6) is 0 Å². The molecule has 0 atom stereocenters. The minimum atomic E-state index is -1.83. The van der Waals surface area contributed by atoms with Gasteiger partial charge in [0, 0.05) is 0 Å². The highest BCUT2D eigenvalue weighted by Gasteiger charge is 1.70. The molecule has 90 valence electrons. The Morgan fingerprint density at radius 2 is 1.07 bits per heavy atom. The highest BCUT2D eigenvalue weighted by Crippen LogP contribution is 1.86. The third kappa shape index (κ3) is 190000. The van der Waals surface area contributed by atoms with Crippen molar-refractivity contribution in [3.05, 3.63) is 22.9 Å². The molecular formula is C6H9Br2FO6. The smallest absolute Gasteiger partial charge is 0.450 e. The van der Waals surface area contributed by atoms with Crippen molar-refractivity contribution in [1.29, 1.82) is 0 Å². The van der Waals surface area contributed by atoms with Crippen molar-refractivity contribution in [3.63, 3.8) is 0 Å². The first kappa shape index (κ1) is 23.6. The molecule has 0 amide bonds. The monoisotopic (exact) mass is 354 g/mol. The second-order valence-corrected chi connectivity index (χ2v) is 2.03. The summed E-state index contributed by atoms with van der Waals surface area (Å²) in [5.74, 6) is 0. The summed E-state index contributed by atoms with van der Waals surface area (Å²) in [6, 6.07) is 0. The Balaban J connectivity index is -0.0000000542. The number of hydrogen-bond donors (Lipinski definition) is 4. The Morgan fingerprint density at radius 1 is 1.00 bits per heavy atom. The predicted molar refractivity (Wildman–Crippen MR) is 59.6 cm³/mol. The van der Waals surface area contributed by atoms with Gasteiger partial charge in [0.1, 0.15) is 0 Å². The van der Waals surface area contributed by atoms with Crippen LogP contribution in [0.25, 0.3) is 0 Å². The van der Waals surface area contributed by atoms with Crippen molar-refractivity contribution in [2.24, 2.45) is 0 Å². The molecule has 0 heterocycles. The maximum absolute atomic E-state index is 10.1. The van der Waals surface area contributed by atoms with Crippen LogP contribution in [0, 0.1) is 0 Å². The van der Waals surface area contributed by atoms with Gasteiger partial charge in [0.25, 0.3) is 0 Å². The average molecular weight is 356 g/mol. The van der Waals surface area contributed by atoms with Crippen molar-refractivity contribution >= 4 is 44.2 Å². The molecule has 15 heavy (non-hydrogen) atoms. The van der Waals surface area contributed by atoms with Crippen LogP contribution >= 0.6 is 31.9 Å². The van der Waals surface area contributed by atoms with Crippen LogP contribution in [0.3, 0.4) is 0 Å². The van der Waals surface area contributed by atoms with E-state index in [9.17, 15) is 4.39 Å². The Bertz CT molecular complexity index is 160. The molecule has 0 bridgehead atoms. The van der Waals surface area contributed by atoms with Crippen molar-refractivity contribution in [2.75, 3.05) is 0 Å². The number of rotatable bonds is 0. The van der Waals surface area contributed by atoms with Gasteiger partial charge >= 0.3 is 12.3 Å². The fourth-order valence-electron chi connectivity index (χ4n) is 0. The van der Waals surface area contributed by atoms with Crippen LogP contribution in [0.2, 0.25) is 0 Å². The van der Waals surface area contributed by atoms with Gasteiger partial charge in [-0.3, -0.25) is 0 Å². The van der Waals surface area contributed by atoms with Gasteiger partial charge in [0.15, 0.2) is 0 Å². The molecule has 0 aromatic rings. The predicted octanol–water partition coefficient (Wildman–Crippen LogP) is 3.79. The minimum Gasteiger partial charge on any atom is -0.450 e. The molecule has 4 N–H and O–H groups in total. The van der Waals surface area contributed by atoms with Crippen LogP contribution < -0.4 is 0 Å². The topological polar surface area (TPSA) is 115 Å². The van der Waals surface area contributed by atoms with E-state index < -0.39 is 12.3 Å². The molecule has 0 fully saturated rings. The molecule has 9 heteroatoms. The zero-order valence-corrected chi connectivity index (χ0v) is 10.4. The summed E-state index contributed by atoms with van der Waals surface area (Å²) in [5, 5.41) is 27.9. The maximum atomic E-state index is 10.1. The van der Waals surface area contributed by atoms with E-state index in [0.29, 0.717) is 0 Å². The van der Waals surface area contributed by atoms with Gasteiger partial charge in [0.05, 0.1) is 6.33 Å². The quantitative estimate of drug-likeness (QED) is 0.525. The molecule has 0 aliphatic rings. The molecule has 6 nitrogen and oxygen atoms in total. The largest absolute Gasteiger partial charge is 0.503 e. The first-order valence-corrected chi connectivity index (χ1v) is 4.53. The van der Waals surface area contributed by atoms with Crippen LogP contribution in [0.1, 0.15) is 0 Å². The molecular weight excluding hydrogens is 347 g/mol. The highest BCUT2D eigenvalue weighted by molar-refractivity contribution is 9.13. The highest BCUT2D eigenvalue weighted by atomic mass is 79.9. The van der Waals surface area contributed by atoms with Gasteiger partial charge in [-0.25, -0.2) is 14.0 Å². The first-order chi connectivity index (χ1) is 6.79. The summed E-state index contributed by atoms with van der Waals surface area (Å²) in [5.41, 5.74) is 0. The zero-order valence-electron chi connectivity index (χ0n) is 7.18. The molecule has 0 aromatic heterocycles. The lowest BCUT2D eigenvalue weighted by molar-refractivity contribution is 0.135. The van der Waals surface area contributed by atoms with Crippen LogP contribution in [0.4, 0.5) is 14.0 Å². The van der Waals surface area contributed by atoms with E-state index in [-0.39, 0.29) is 6.33 Å². The number of hydrogen-bond acceptors (Lipinski definition) is 2. The van der Waals surface area contributed by atoms with E-state index in [1.807, 2.05) is 0 Å². The molecule has 0 unspecified atom stereocenters. The van der Waals surface area contributed by atoms with Gasteiger partial charge in [-0.05, 0) is 9.97 Å². The summed E-state index contributed by atoms with van der Waals surface area (Å²) in [4.78, 5) is 20.6. The van der Waals surface area contributed by atoms with Gasteiger partial charge in [-0.2, -0.15) is 0 Å². The third-order valence-corrected chi connectivity index (χ3v) is 1.29. The Labute approximate surface area is 102 Å². The first-order valence-electron chi connectivity index (χ1n) is 2.70. The molecule has 0 aromatic carbocycles. The van der Waals surface area contributed by atoms with Crippen LogP contribution in [-0.2, 0) is 0 Å². The van der Waals surface area contributed by atoms with E-state index in [1.54, 1.807) is 9.97 Å². The summed E-state index contributed by atoms with van der Waals surface area (Å²) >= 11 is 6.04. The SMILES string of the molecule is BrC=CBr.C=CF.O=C(O)O.O=C(O)O. The Kier molecular flexibility index (Phi) is 46.1. The van der Waals surface area contributed by atoms with Crippen LogP contribution in [0.15, 0.2) is 22.9 Å². The molecule has 0 spiro atoms. The van der Waals surface area contributed by atoms with E-state index >= 15 is 0 Å². The maximum Gasteiger partial charge on any atom is 0.503 e. The van der Waals surface area contributed by atoms with Crippen molar-refractivity contribution in [2.45, 2.75) is 0 Å². The Morgan fingerprint density at radius 3 is 1.07 bits per heavy atom. The summed E-state index contributed by atoms with van der Waals surface area (Å²) < 4.78 is 10.1. The zero-order chi connectivity index (χ0) is 13.3. The second kappa shape index (κ2) is 29.3. The average Bonchev–Trinajstić information content (AvgIpc) is 2.03. The number of carboxylic acid groups (broad SMARTS) is 4. The molecule has 0 rings (SSSR count). The number of carbonyl (C=O) groups is 2. The van der Waals surface area contributed by atoms with Crippen molar-refractivity contribution in [1.82, 2.24) is 0 Å². The van der Waals surface area contributed by atoms with E-state index in [4.69, 9.17) is 30.0 Å². The lowest BCUT2D eigenvalue weighted by atomic mass is 11.2. The normalized spacial score (nSPS) is 6.60. The lowest BCUT2D eigenvalue weighted by Gasteiger charge is -1.60. The fourth-order valence-corrected chi connectivity index (χ4v) is 0. The van der Waals surface area contributed by atoms with Gasteiger partial charge < -0.3 is 20.4 Å². The fraction of sp³-hybridized carbons (Fsp3) is 0.